The van der Waals surface area contributed by atoms with Gasteiger partial charge in [0.2, 0.25) is 11.4 Å². The van der Waals surface area contributed by atoms with E-state index in [1.807, 2.05) is 0 Å². The van der Waals surface area contributed by atoms with Crippen molar-refractivity contribution in [1.29, 1.82) is 0 Å². The van der Waals surface area contributed by atoms with Crippen LogP contribution in [-0.4, -0.2) is 150 Å². The maximum atomic E-state index is 12.1. The first-order valence-corrected chi connectivity index (χ1v) is 12.3. The van der Waals surface area contributed by atoms with Crippen LogP contribution in [0.4, 0.5) is 0 Å². The summed E-state index contributed by atoms with van der Waals surface area (Å²) in [6, 6.07) is -4.29. The van der Waals surface area contributed by atoms with E-state index in [-0.39, 0.29) is 6.29 Å². The van der Waals surface area contributed by atoms with E-state index in [4.69, 9.17) is 42.9 Å². The number of hydrogen-bond acceptors (Lipinski definition) is 15. The number of aldehydes is 1. The van der Waals surface area contributed by atoms with Crippen molar-refractivity contribution in [1.82, 2.24) is 0 Å². The second-order valence-corrected chi connectivity index (χ2v) is 10.4. The SMILES string of the molecule is C[C@]1(O)O[C@@H](C[C@@H]2C(N=C(N)N)[C@H](O)C(N=C(N)N)C(O)[C@@H]2O)C(OC2O[C@@H](CO)C(O)[C@H](O)C2N)[C@@]1(O)C=O. The molecule has 0 aromatic rings. The Morgan fingerprint density at radius 3 is 2.00 bits per heavy atom. The lowest BCUT2D eigenvalue weighted by atomic mass is 9.72. The van der Waals surface area contributed by atoms with Crippen molar-refractivity contribution in [3.05, 3.63) is 0 Å². The molecule has 2 aliphatic heterocycles. The number of aliphatic hydroxyl groups excluding tert-OH is 6. The van der Waals surface area contributed by atoms with Crippen molar-refractivity contribution < 1.29 is 59.9 Å². The standard InChI is InChI=1S/C21H39N7O12/c1-20(36)21(37,4-30)16(39-17-8(22)13(33)12(32)7(3-29)38-17)6(40-20)2-5-9(27-18(23)24)14(34)10(28-19(25)26)15(35)11(5)31/h4-17,29,31-37H,2-3,22H2,1H3,(H4,23,24,27)(H4,25,26,28)/t5-,6+,7+,8?,9?,10?,11-,12?,13-,14+,15?,16?,17?,20+,21+/m1/s1. The Balaban J connectivity index is 1.99. The number of hydrogen-bond donors (Lipinski definition) is 13. The van der Waals surface area contributed by atoms with Crippen LogP contribution in [0.3, 0.4) is 0 Å². The smallest absolute Gasteiger partial charge is 0.202 e. The molecule has 40 heavy (non-hydrogen) atoms. The lowest BCUT2D eigenvalue weighted by Crippen LogP contribution is -2.65. The summed E-state index contributed by atoms with van der Waals surface area (Å²) in [5.41, 5.74) is 24.9. The highest BCUT2D eigenvalue weighted by Gasteiger charge is 2.66. The summed E-state index contributed by atoms with van der Waals surface area (Å²) in [5, 5.41) is 84.5. The monoisotopic (exact) mass is 581 g/mol. The van der Waals surface area contributed by atoms with Gasteiger partial charge in [-0.3, -0.25) is 4.79 Å². The first kappa shape index (κ1) is 32.2. The Labute approximate surface area is 227 Å². The van der Waals surface area contributed by atoms with E-state index in [1.165, 1.54) is 0 Å². The van der Waals surface area contributed by atoms with Crippen LogP contribution in [0.25, 0.3) is 0 Å². The topological polar surface area (TPSA) is 361 Å². The van der Waals surface area contributed by atoms with Gasteiger partial charge in [-0.05, 0) is 13.3 Å². The molecule has 0 amide bonds. The predicted molar refractivity (Wildman–Crippen MR) is 132 cm³/mol. The lowest BCUT2D eigenvalue weighted by Gasteiger charge is -2.45. The van der Waals surface area contributed by atoms with Gasteiger partial charge in [0.25, 0.3) is 0 Å². The Morgan fingerprint density at radius 2 is 1.48 bits per heavy atom. The number of guanidine groups is 2. The molecule has 7 unspecified atom stereocenters. The molecule has 15 atom stereocenters. The number of aliphatic hydroxyl groups is 8. The van der Waals surface area contributed by atoms with Crippen LogP contribution in [0.15, 0.2) is 9.98 Å². The molecule has 18 N–H and O–H groups in total. The molecular weight excluding hydrogens is 542 g/mol. The Hall–Kier alpha value is -2.27. The van der Waals surface area contributed by atoms with E-state index in [0.717, 1.165) is 6.92 Å². The highest BCUT2D eigenvalue weighted by atomic mass is 16.7. The van der Waals surface area contributed by atoms with Gasteiger partial charge in [-0.25, -0.2) is 9.98 Å². The van der Waals surface area contributed by atoms with Crippen LogP contribution in [-0.2, 0) is 19.0 Å². The minimum Gasteiger partial charge on any atom is -0.394 e. The van der Waals surface area contributed by atoms with E-state index >= 15 is 0 Å². The van der Waals surface area contributed by atoms with Crippen molar-refractivity contribution >= 4 is 18.2 Å². The van der Waals surface area contributed by atoms with Crippen LogP contribution in [0.1, 0.15) is 13.3 Å². The van der Waals surface area contributed by atoms with Gasteiger partial charge in [-0.2, -0.15) is 0 Å². The van der Waals surface area contributed by atoms with Crippen LogP contribution in [0.5, 0.6) is 0 Å². The van der Waals surface area contributed by atoms with Gasteiger partial charge in [0.15, 0.2) is 24.5 Å². The summed E-state index contributed by atoms with van der Waals surface area (Å²) < 4.78 is 16.7. The summed E-state index contributed by atoms with van der Waals surface area (Å²) in [4.78, 5) is 19.8. The molecule has 0 spiro atoms. The maximum absolute atomic E-state index is 12.1. The first-order chi connectivity index (χ1) is 18.5. The quantitative estimate of drug-likeness (QED) is 0.0718. The van der Waals surface area contributed by atoms with E-state index < -0.39 is 116 Å². The molecule has 2 saturated heterocycles. The normalized spacial score (nSPS) is 49.3. The number of nitrogens with two attached hydrogens (primary N) is 5. The third-order valence-corrected chi connectivity index (χ3v) is 7.66. The van der Waals surface area contributed by atoms with Gasteiger partial charge >= 0.3 is 0 Å². The minimum atomic E-state index is -2.79. The molecule has 230 valence electrons. The van der Waals surface area contributed by atoms with Crippen LogP contribution < -0.4 is 28.7 Å². The third-order valence-electron chi connectivity index (χ3n) is 7.66. The molecule has 19 heteroatoms. The second-order valence-electron chi connectivity index (χ2n) is 10.4. The Bertz CT molecular complexity index is 964. The molecule has 1 saturated carbocycles. The molecule has 19 nitrogen and oxygen atoms in total. The summed E-state index contributed by atoms with van der Waals surface area (Å²) in [6.07, 6.45) is -15.3. The van der Waals surface area contributed by atoms with Gasteiger partial charge in [0.05, 0.1) is 30.9 Å². The summed E-state index contributed by atoms with van der Waals surface area (Å²) >= 11 is 0. The van der Waals surface area contributed by atoms with Gasteiger partial charge in [-0.1, -0.05) is 0 Å². The van der Waals surface area contributed by atoms with Gasteiger partial charge < -0.3 is 83.7 Å². The van der Waals surface area contributed by atoms with Crippen molar-refractivity contribution in [2.75, 3.05) is 6.61 Å². The van der Waals surface area contributed by atoms with E-state index in [9.17, 15) is 45.6 Å². The molecular formula is C21H39N7O12. The van der Waals surface area contributed by atoms with E-state index in [1.54, 1.807) is 0 Å². The average molecular weight is 582 g/mol. The van der Waals surface area contributed by atoms with E-state index in [0.29, 0.717) is 0 Å². The van der Waals surface area contributed by atoms with Crippen molar-refractivity contribution in [2.45, 2.75) is 98.0 Å². The molecule has 3 aliphatic rings. The predicted octanol–water partition coefficient (Wildman–Crippen LogP) is -8.44. The minimum absolute atomic E-state index is 0.0515. The lowest BCUT2D eigenvalue weighted by molar-refractivity contribution is -0.294. The zero-order valence-electron chi connectivity index (χ0n) is 21.5. The molecule has 1 aliphatic carbocycles. The molecule has 0 radical (unpaired) electrons. The summed E-state index contributed by atoms with van der Waals surface area (Å²) in [6.45, 7) is 0.198. The van der Waals surface area contributed by atoms with Crippen molar-refractivity contribution in [2.24, 2.45) is 44.6 Å². The molecule has 0 bridgehead atoms. The van der Waals surface area contributed by atoms with Crippen LogP contribution in [0, 0.1) is 5.92 Å². The average Bonchev–Trinajstić information content (AvgIpc) is 3.07. The first-order valence-electron chi connectivity index (χ1n) is 12.3. The number of ether oxygens (including phenoxy) is 3. The molecule has 3 rings (SSSR count). The third kappa shape index (κ3) is 5.73. The zero-order valence-corrected chi connectivity index (χ0v) is 21.5. The van der Waals surface area contributed by atoms with Crippen molar-refractivity contribution in [3.8, 4) is 0 Å². The highest BCUT2D eigenvalue weighted by molar-refractivity contribution is 5.76. The second kappa shape index (κ2) is 11.9. The van der Waals surface area contributed by atoms with E-state index in [2.05, 4.69) is 9.98 Å². The van der Waals surface area contributed by atoms with Gasteiger partial charge in [0.1, 0.15) is 42.7 Å². The molecule has 0 aromatic heterocycles. The summed E-state index contributed by atoms with van der Waals surface area (Å²) in [5.74, 6) is -4.89. The van der Waals surface area contributed by atoms with Crippen molar-refractivity contribution in [3.63, 3.8) is 0 Å². The molecule has 3 fully saturated rings. The van der Waals surface area contributed by atoms with Gasteiger partial charge in [-0.15, -0.1) is 0 Å². The number of rotatable bonds is 8. The summed E-state index contributed by atoms with van der Waals surface area (Å²) in [7, 11) is 0. The number of nitrogens with zero attached hydrogens (tertiary/aromatic N) is 2. The van der Waals surface area contributed by atoms with Crippen LogP contribution >= 0.6 is 0 Å². The zero-order chi connectivity index (χ0) is 30.3. The Morgan fingerprint density at radius 1 is 0.900 bits per heavy atom. The fourth-order valence-corrected chi connectivity index (χ4v) is 5.44. The fraction of sp³-hybridized carbons (Fsp3) is 0.857. The largest absolute Gasteiger partial charge is 0.394 e. The maximum Gasteiger partial charge on any atom is 0.202 e. The molecule has 2 heterocycles. The number of carbonyl (C=O) groups excluding carboxylic acids is 1. The fourth-order valence-electron chi connectivity index (χ4n) is 5.44. The van der Waals surface area contributed by atoms with Gasteiger partial charge in [0, 0.05) is 5.92 Å². The highest BCUT2D eigenvalue weighted by Crippen LogP contribution is 2.44. The molecule has 0 aromatic carbocycles. The number of carbonyl (C=O) groups is 1. The Kier molecular flexibility index (Phi) is 9.61. The van der Waals surface area contributed by atoms with Crippen LogP contribution in [0.2, 0.25) is 0 Å². The number of aliphatic imine (C=N–C) groups is 2.